The first-order valence-corrected chi connectivity index (χ1v) is 76.2. The van der Waals surface area contributed by atoms with Crippen molar-refractivity contribution < 1.29 is 83.4 Å². The van der Waals surface area contributed by atoms with Crippen LogP contribution in [0.1, 0.15) is 285 Å². The van der Waals surface area contributed by atoms with Gasteiger partial charge >= 0.3 is 151 Å². The van der Waals surface area contributed by atoms with E-state index in [0.29, 0.717) is 5.41 Å². The van der Waals surface area contributed by atoms with Crippen LogP contribution in [0.15, 0.2) is 0 Å². The summed E-state index contributed by atoms with van der Waals surface area (Å²) in [4.78, 5) is 0. The van der Waals surface area contributed by atoms with E-state index >= 15 is 0 Å². The Kier molecular flexibility index (Phi) is 59.7. The van der Waals surface area contributed by atoms with Crippen LogP contribution in [0.3, 0.4) is 0 Å². The van der Waals surface area contributed by atoms with Crippen molar-refractivity contribution in [3.63, 3.8) is 0 Å². The molecule has 13 saturated carbocycles. The molecule has 13 aliphatic carbocycles. The van der Waals surface area contributed by atoms with E-state index in [9.17, 15) is 0 Å². The maximum atomic E-state index is 4.93. The van der Waals surface area contributed by atoms with Crippen LogP contribution in [0.4, 0.5) is 0 Å². The maximum absolute atomic E-state index is 4.93. The fourth-order valence-corrected chi connectivity index (χ4v) is 45.5. The van der Waals surface area contributed by atoms with Gasteiger partial charge in [0.05, 0.1) is 32.3 Å². The molecule has 13 aliphatic rings. The van der Waals surface area contributed by atoms with Crippen molar-refractivity contribution in [1.29, 1.82) is 0 Å². The van der Waals surface area contributed by atoms with E-state index < -0.39 is 116 Å². The molecular formula is C81H160Cl8Si4Zr4. The summed E-state index contributed by atoms with van der Waals surface area (Å²) in [5, 5.41) is 0. The van der Waals surface area contributed by atoms with Crippen molar-refractivity contribution in [1.82, 2.24) is 0 Å². The second kappa shape index (κ2) is 53.7. The molecule has 13 fully saturated rings. The van der Waals surface area contributed by atoms with Crippen LogP contribution < -0.4 is 0 Å². The van der Waals surface area contributed by atoms with E-state index in [-0.39, 0.29) is 59.4 Å². The van der Waals surface area contributed by atoms with Crippen LogP contribution in [0, 0.1) is 136 Å². The van der Waals surface area contributed by atoms with Crippen molar-refractivity contribution in [2.45, 2.75) is 381 Å². The van der Waals surface area contributed by atoms with E-state index in [2.05, 4.69) is 80.1 Å². The van der Waals surface area contributed by atoms with Crippen LogP contribution in [-0.2, 0) is 83.4 Å². The molecule has 0 bridgehead atoms. The average Bonchev–Trinajstić information content (AvgIpc) is 1.64. The van der Waals surface area contributed by atoms with Gasteiger partial charge in [0.15, 0.2) is 0 Å². The standard InChI is InChI=1S/C20H36Si.C20H38Si.C17H32Si.C16H30Si.8CH3.8ClH.4Zr/c1-21(2,16-8-4-5-9-16)20-14-13-18-17-10-6-3-7-15(17)11-12-19(18)20;1-20(2,3)18-14-19(17-13-9-8-12-16(17)18)21(4,5)15-10-6-7-11-15;1-13-12-17(16-11-7-6-10-15(13)16)18(2,3)14-8-4-5-9-14;1-17(2,14-8-4-5-9-14)16-12-11-13-7-3-6-10-15(13)16;;;;;;;;;;;;;;;;;;;;/h15-20H,3-14H2,1-2H3;15-19H,6-14H2,1-5H3;13-17H,4-12H2,1-3H3;13-16H,3-12H2,1-2H3;8*1H3;8*1H;;;;/q;;;;8*-1;;;;;;;;;4*+4/p-8. The number of hydrogen-bond acceptors (Lipinski definition) is 0. The molecule has 0 aromatic rings. The molecule has 0 spiro atoms. The molecule has 0 aliphatic heterocycles. The summed E-state index contributed by atoms with van der Waals surface area (Å²) in [6, 6.07) is 0. The number of rotatable bonds is 8. The van der Waals surface area contributed by atoms with Crippen LogP contribution in [0.5, 0.6) is 0 Å². The summed E-state index contributed by atoms with van der Waals surface area (Å²) in [7, 11) is 35.5. The van der Waals surface area contributed by atoms with Gasteiger partial charge in [0, 0.05) is 0 Å². The molecule has 0 aromatic carbocycles. The Bertz CT molecular complexity index is 1920. The van der Waals surface area contributed by atoms with Crippen LogP contribution in [-0.4, -0.2) is 32.3 Å². The van der Waals surface area contributed by atoms with E-state index in [0.717, 1.165) is 64.3 Å². The summed E-state index contributed by atoms with van der Waals surface area (Å²) in [5.74, 6) is 13.5. The fraction of sp³-hybridized carbons (Fsp3) is 0.901. The molecule has 572 valence electrons. The Morgan fingerprint density at radius 3 is 0.866 bits per heavy atom. The Labute approximate surface area is 691 Å². The Morgan fingerprint density at radius 2 is 0.485 bits per heavy atom. The van der Waals surface area contributed by atoms with E-state index in [4.69, 9.17) is 68.1 Å². The molecular weight excluding hydrogens is 1730 g/mol. The Morgan fingerprint density at radius 1 is 0.247 bits per heavy atom. The van der Waals surface area contributed by atoms with Crippen LogP contribution in [0.25, 0.3) is 0 Å². The summed E-state index contributed by atoms with van der Waals surface area (Å²) in [5.41, 5.74) is 9.98. The van der Waals surface area contributed by atoms with Gasteiger partial charge in [-0.15, -0.1) is 0 Å². The average molecular weight is 1900 g/mol. The van der Waals surface area contributed by atoms with Crippen molar-refractivity contribution in [2.24, 2.45) is 76.4 Å². The Hall–Kier alpha value is 6.72. The molecule has 0 amide bonds. The third-order valence-corrected chi connectivity index (χ3v) is 51.5. The minimum absolute atomic E-state index is 0. The summed E-state index contributed by atoms with van der Waals surface area (Å²) >= 11 is -3.30. The topological polar surface area (TPSA) is 0 Å². The van der Waals surface area contributed by atoms with Crippen LogP contribution in [0.2, 0.25) is 96.7 Å². The minimum atomic E-state index is -1.07. The molecule has 16 heteroatoms. The first-order valence-electron chi connectivity index (χ1n) is 38.3. The Balaban J connectivity index is -0.00000112. The van der Waals surface area contributed by atoms with Crippen molar-refractivity contribution in [3.8, 4) is 0 Å². The van der Waals surface area contributed by atoms with Gasteiger partial charge in [-0.1, -0.05) is 286 Å². The predicted molar refractivity (Wildman–Crippen MR) is 450 cm³/mol. The van der Waals surface area contributed by atoms with Crippen molar-refractivity contribution in [2.75, 3.05) is 0 Å². The molecule has 0 aromatic heterocycles. The summed E-state index contributed by atoms with van der Waals surface area (Å²) in [6.07, 6.45) is 62.9. The van der Waals surface area contributed by atoms with Gasteiger partial charge < -0.3 is 59.4 Å². The van der Waals surface area contributed by atoms with Gasteiger partial charge in [-0.05, 0) is 172 Å². The number of hydrogen-bond donors (Lipinski definition) is 0. The second-order valence-electron chi connectivity index (χ2n) is 36.0. The van der Waals surface area contributed by atoms with Gasteiger partial charge in [-0.2, -0.15) is 0 Å². The predicted octanol–water partition coefficient (Wildman–Crippen LogP) is 34.1. The third-order valence-electron chi connectivity index (χ3n) is 30.3. The molecule has 0 nitrogen and oxygen atoms in total. The monoisotopic (exact) mass is 1880 g/mol. The van der Waals surface area contributed by atoms with Crippen LogP contribution >= 0.6 is 68.1 Å². The second-order valence-corrected chi connectivity index (χ2v) is 71.8. The number of halogens is 8. The van der Waals surface area contributed by atoms with Gasteiger partial charge in [0.25, 0.3) is 0 Å². The molecule has 16 atom stereocenters. The zero-order chi connectivity index (χ0) is 65.2. The van der Waals surface area contributed by atoms with Gasteiger partial charge in [-0.25, -0.2) is 0 Å². The fourth-order valence-electron chi connectivity index (χ4n) is 25.7. The van der Waals surface area contributed by atoms with Crippen molar-refractivity contribution in [3.05, 3.63) is 59.4 Å². The quantitative estimate of drug-likeness (QED) is 0.168. The SMILES string of the molecule is CC(C)(C)C1CC([Si](C)(C)C2CCCC2)C2CCCCC21.CC1CC([Si](C)(C)C2CCCC2)C2CCCCC12.C[Si](C)(C1CCCC1)C1CCC2C3CCCCC3CCC21.C[Si](C)(C1CCCC1)C1CCC2CCCCC21.[CH3-].[CH3-].[CH3-].[CH3-].[CH3-].[CH3-].[CH3-].[CH3-].[Cl][Zr+2][Cl].[Cl][Zr+2][Cl].[Cl][Zr+2][Cl].[Cl][Zr+2][Cl]. The molecule has 0 N–H and O–H groups in total. The zero-order valence-corrected chi connectivity index (χ0v) is 87.2. The van der Waals surface area contributed by atoms with Gasteiger partial charge in [0.2, 0.25) is 0 Å². The van der Waals surface area contributed by atoms with Gasteiger partial charge in [0.1, 0.15) is 0 Å². The van der Waals surface area contributed by atoms with E-state index in [1.807, 2.05) is 0 Å². The molecule has 97 heavy (non-hydrogen) atoms. The molecule has 16 unspecified atom stereocenters. The van der Waals surface area contributed by atoms with E-state index in [1.165, 1.54) is 95.9 Å². The first kappa shape index (κ1) is 108. The molecule has 0 radical (unpaired) electrons. The first-order chi connectivity index (χ1) is 42.4. The van der Waals surface area contributed by atoms with Gasteiger partial charge in [-0.3, -0.25) is 0 Å². The zero-order valence-electron chi connectivity index (χ0n) is 67.4. The molecule has 13 rings (SSSR count). The normalized spacial score (nSPS) is 33.2. The molecule has 0 saturated heterocycles. The summed E-state index contributed by atoms with van der Waals surface area (Å²) in [6.45, 7) is 32.3. The number of fused-ring (bicyclic) bond motifs is 6. The summed E-state index contributed by atoms with van der Waals surface area (Å²) < 4.78 is 0. The van der Waals surface area contributed by atoms with Crippen molar-refractivity contribution >= 4 is 100 Å². The molecule has 0 heterocycles. The third kappa shape index (κ3) is 29.6. The van der Waals surface area contributed by atoms with E-state index in [1.54, 1.807) is 212 Å².